The Morgan fingerprint density at radius 1 is 1.35 bits per heavy atom. The van der Waals surface area contributed by atoms with Crippen LogP contribution in [0.5, 0.6) is 0 Å². The lowest BCUT2D eigenvalue weighted by Gasteiger charge is -2.19. The van der Waals surface area contributed by atoms with Gasteiger partial charge in [-0.25, -0.2) is 13.4 Å². The number of aromatic amines is 1. The van der Waals surface area contributed by atoms with Crippen molar-refractivity contribution in [3.63, 3.8) is 0 Å². The molecule has 0 saturated carbocycles. The molecule has 0 saturated heterocycles. The number of aromatic nitrogens is 2. The van der Waals surface area contributed by atoms with Gasteiger partial charge in [-0.05, 0) is 23.6 Å². The van der Waals surface area contributed by atoms with Gasteiger partial charge < -0.3 is 9.88 Å². The third-order valence-corrected chi connectivity index (χ3v) is 5.75. The molecule has 0 unspecified atom stereocenters. The number of benzene rings is 1. The maximum absolute atomic E-state index is 12.0. The Morgan fingerprint density at radius 3 is 2.73 bits per heavy atom. The van der Waals surface area contributed by atoms with E-state index in [1.54, 1.807) is 18.5 Å². The molecule has 2 aromatic heterocycles. The van der Waals surface area contributed by atoms with Crippen molar-refractivity contribution in [2.75, 3.05) is 18.2 Å². The number of thiophene rings is 1. The molecule has 3 rings (SSSR count). The fraction of sp³-hybridized carbons (Fsp3) is 0.200. The summed E-state index contributed by atoms with van der Waals surface area (Å²) in [5.41, 5.74) is -0.128. The highest BCUT2D eigenvalue weighted by atomic mass is 32.2. The van der Waals surface area contributed by atoms with Gasteiger partial charge in [0.1, 0.15) is 21.1 Å². The van der Waals surface area contributed by atoms with Crippen molar-refractivity contribution in [2.45, 2.75) is 11.4 Å². The van der Waals surface area contributed by atoms with Gasteiger partial charge in [0.15, 0.2) is 9.84 Å². The number of sulfone groups is 1. The fourth-order valence-corrected chi connectivity index (χ4v) is 4.19. The molecule has 26 heavy (non-hydrogen) atoms. The predicted octanol–water partition coefficient (Wildman–Crippen LogP) is 1.93. The standard InChI is InChI=1S/C15H14N4O5S2/c1-18(8-12-16-9-6-7-25-14(9)15(20)17-12)10-4-3-5-11(26(2,23)24)13(10)19(21)22/h3-7H,8H2,1-2H3,(H,16,17,20). The number of hydrogen-bond acceptors (Lipinski definition) is 8. The molecule has 2 heterocycles. The molecule has 0 spiro atoms. The highest BCUT2D eigenvalue weighted by Gasteiger charge is 2.28. The maximum Gasteiger partial charge on any atom is 0.311 e. The van der Waals surface area contributed by atoms with E-state index in [0.717, 1.165) is 6.26 Å². The van der Waals surface area contributed by atoms with E-state index in [4.69, 9.17) is 0 Å². The van der Waals surface area contributed by atoms with Crippen LogP contribution in [-0.2, 0) is 16.4 Å². The number of hydrogen-bond donors (Lipinski definition) is 1. The summed E-state index contributed by atoms with van der Waals surface area (Å²) in [6.07, 6.45) is 0.919. The summed E-state index contributed by atoms with van der Waals surface area (Å²) in [5, 5.41) is 13.2. The Kier molecular flexibility index (Phi) is 4.50. The summed E-state index contributed by atoms with van der Waals surface area (Å²) in [6.45, 7) is 0.0646. The molecular weight excluding hydrogens is 380 g/mol. The number of anilines is 1. The lowest BCUT2D eigenvalue weighted by molar-refractivity contribution is -0.387. The van der Waals surface area contributed by atoms with Crippen LogP contribution >= 0.6 is 11.3 Å². The average molecular weight is 394 g/mol. The highest BCUT2D eigenvalue weighted by Crippen LogP contribution is 2.34. The molecule has 0 aliphatic rings. The lowest BCUT2D eigenvalue weighted by Crippen LogP contribution is -2.22. The number of nitro benzene ring substituents is 1. The van der Waals surface area contributed by atoms with E-state index in [0.29, 0.717) is 16.0 Å². The summed E-state index contributed by atoms with van der Waals surface area (Å²) in [4.78, 5) is 30.9. The molecule has 0 atom stereocenters. The van der Waals surface area contributed by atoms with Crippen molar-refractivity contribution in [2.24, 2.45) is 0 Å². The van der Waals surface area contributed by atoms with Gasteiger partial charge in [0, 0.05) is 13.3 Å². The molecular formula is C15H14N4O5S2. The average Bonchev–Trinajstić information content (AvgIpc) is 3.02. The summed E-state index contributed by atoms with van der Waals surface area (Å²) in [5.74, 6) is 0.322. The van der Waals surface area contributed by atoms with Crippen molar-refractivity contribution in [3.05, 3.63) is 55.9 Å². The van der Waals surface area contributed by atoms with Crippen LogP contribution in [0, 0.1) is 10.1 Å². The number of nitrogens with zero attached hydrogens (tertiary/aromatic N) is 3. The summed E-state index contributed by atoms with van der Waals surface area (Å²) >= 11 is 1.27. The van der Waals surface area contributed by atoms with E-state index in [2.05, 4.69) is 9.97 Å². The molecule has 1 N–H and O–H groups in total. The zero-order chi connectivity index (χ0) is 19.1. The summed E-state index contributed by atoms with van der Waals surface area (Å²) < 4.78 is 24.2. The second kappa shape index (κ2) is 6.50. The monoisotopic (exact) mass is 394 g/mol. The van der Waals surface area contributed by atoms with Gasteiger partial charge >= 0.3 is 5.69 Å². The maximum atomic E-state index is 12.0. The van der Waals surface area contributed by atoms with E-state index in [9.17, 15) is 23.3 Å². The zero-order valence-electron chi connectivity index (χ0n) is 13.8. The first-order valence-electron chi connectivity index (χ1n) is 7.33. The number of nitro groups is 1. The first kappa shape index (κ1) is 18.0. The van der Waals surface area contributed by atoms with Gasteiger partial charge in [-0.15, -0.1) is 11.3 Å². The number of H-pyrrole nitrogens is 1. The van der Waals surface area contributed by atoms with E-state index >= 15 is 0 Å². The molecule has 0 amide bonds. The minimum atomic E-state index is -3.78. The van der Waals surface area contributed by atoms with Crippen LogP contribution in [0.4, 0.5) is 11.4 Å². The molecule has 0 bridgehead atoms. The minimum Gasteiger partial charge on any atom is -0.362 e. The van der Waals surface area contributed by atoms with Crippen LogP contribution in [0.25, 0.3) is 10.2 Å². The van der Waals surface area contributed by atoms with Crippen LogP contribution < -0.4 is 10.5 Å². The molecule has 9 nitrogen and oxygen atoms in total. The topological polar surface area (TPSA) is 126 Å². The Hall–Kier alpha value is -2.79. The SMILES string of the molecule is CN(Cc1nc2ccsc2c(=O)[nH]1)c1cccc(S(C)(=O)=O)c1[N+](=O)[O-]. The largest absolute Gasteiger partial charge is 0.362 e. The van der Waals surface area contributed by atoms with E-state index in [1.165, 1.54) is 34.4 Å². The van der Waals surface area contributed by atoms with Gasteiger partial charge in [0.2, 0.25) is 0 Å². The van der Waals surface area contributed by atoms with Gasteiger partial charge in [0.25, 0.3) is 5.56 Å². The van der Waals surface area contributed by atoms with Crippen molar-refractivity contribution in [1.29, 1.82) is 0 Å². The normalized spacial score (nSPS) is 11.6. The number of fused-ring (bicyclic) bond motifs is 1. The number of nitrogens with one attached hydrogen (secondary N) is 1. The first-order valence-corrected chi connectivity index (χ1v) is 10.1. The Labute approximate surface area is 152 Å². The lowest BCUT2D eigenvalue weighted by atomic mass is 10.2. The van der Waals surface area contributed by atoms with Crippen LogP contribution in [0.3, 0.4) is 0 Å². The molecule has 0 fully saturated rings. The molecule has 11 heteroatoms. The fourth-order valence-electron chi connectivity index (χ4n) is 2.61. The third kappa shape index (κ3) is 3.30. The van der Waals surface area contributed by atoms with Gasteiger partial charge in [-0.2, -0.15) is 0 Å². The van der Waals surface area contributed by atoms with Crippen LogP contribution in [-0.4, -0.2) is 36.6 Å². The first-order chi connectivity index (χ1) is 12.2. The number of para-hydroxylation sites is 1. The van der Waals surface area contributed by atoms with Gasteiger partial charge in [-0.3, -0.25) is 14.9 Å². The molecule has 0 aliphatic heterocycles. The smallest absolute Gasteiger partial charge is 0.311 e. The van der Waals surface area contributed by atoms with Crippen molar-refractivity contribution >= 4 is 42.8 Å². The molecule has 1 aromatic carbocycles. The summed E-state index contributed by atoms with van der Waals surface area (Å²) in [7, 11) is -2.21. The van der Waals surface area contributed by atoms with Crippen molar-refractivity contribution in [1.82, 2.24) is 9.97 Å². The van der Waals surface area contributed by atoms with Crippen molar-refractivity contribution < 1.29 is 13.3 Å². The Bertz CT molecular complexity index is 1170. The van der Waals surface area contributed by atoms with Crippen LogP contribution in [0.15, 0.2) is 39.3 Å². The highest BCUT2D eigenvalue weighted by molar-refractivity contribution is 7.90. The second-order valence-electron chi connectivity index (χ2n) is 5.66. The quantitative estimate of drug-likeness (QED) is 0.517. The van der Waals surface area contributed by atoms with Crippen molar-refractivity contribution in [3.8, 4) is 0 Å². The van der Waals surface area contributed by atoms with Crippen LogP contribution in [0.2, 0.25) is 0 Å². The van der Waals surface area contributed by atoms with Gasteiger partial charge in [-0.1, -0.05) is 6.07 Å². The molecule has 3 aromatic rings. The zero-order valence-corrected chi connectivity index (χ0v) is 15.4. The third-order valence-electron chi connectivity index (χ3n) is 3.72. The van der Waals surface area contributed by atoms with E-state index in [1.807, 2.05) is 0 Å². The van der Waals surface area contributed by atoms with Gasteiger partial charge in [0.05, 0.1) is 17.0 Å². The predicted molar refractivity (Wildman–Crippen MR) is 98.6 cm³/mol. The molecule has 0 radical (unpaired) electrons. The molecule has 0 aliphatic carbocycles. The second-order valence-corrected chi connectivity index (χ2v) is 8.56. The van der Waals surface area contributed by atoms with E-state index < -0.39 is 20.4 Å². The minimum absolute atomic E-state index is 0.0646. The Morgan fingerprint density at radius 2 is 2.08 bits per heavy atom. The number of rotatable bonds is 5. The summed E-state index contributed by atoms with van der Waals surface area (Å²) in [6, 6.07) is 5.80. The Balaban J connectivity index is 2.05. The van der Waals surface area contributed by atoms with Crippen LogP contribution in [0.1, 0.15) is 5.82 Å². The van der Waals surface area contributed by atoms with E-state index in [-0.39, 0.29) is 22.7 Å². The molecule has 136 valence electrons.